The first-order chi connectivity index (χ1) is 29.8. The fourth-order valence-electron chi connectivity index (χ4n) is 8.79. The summed E-state index contributed by atoms with van der Waals surface area (Å²) in [6.07, 6.45) is 13.0. The topological polar surface area (TPSA) is 35.6 Å². The van der Waals surface area contributed by atoms with Crippen molar-refractivity contribution in [3.05, 3.63) is 229 Å². The molecule has 11 rings (SSSR count). The molecule has 4 heteroatoms. The van der Waals surface area contributed by atoms with E-state index >= 15 is 0 Å². The highest BCUT2D eigenvalue weighted by atomic mass is 15.1. The van der Waals surface area contributed by atoms with E-state index in [-0.39, 0.29) is 0 Å². The van der Waals surface area contributed by atoms with Crippen LogP contribution in [0, 0.1) is 0 Å². The Hall–Kier alpha value is -7.82. The van der Waals surface area contributed by atoms with Crippen molar-refractivity contribution in [1.82, 2.24) is 19.1 Å². The summed E-state index contributed by atoms with van der Waals surface area (Å²) in [4.78, 5) is 10.3. The van der Waals surface area contributed by atoms with Crippen LogP contribution in [0.15, 0.2) is 212 Å². The quantitative estimate of drug-likeness (QED) is 0.169. The molecule has 0 fully saturated rings. The average molecular weight is 769 g/mol. The molecule has 2 heterocycles. The predicted molar refractivity (Wildman–Crippen MR) is 250 cm³/mol. The molecule has 1 aliphatic carbocycles. The van der Waals surface area contributed by atoms with Crippen LogP contribution in [0.4, 0.5) is 0 Å². The highest BCUT2D eigenvalue weighted by Crippen LogP contribution is 2.38. The van der Waals surface area contributed by atoms with Crippen LogP contribution >= 0.6 is 0 Å². The summed E-state index contributed by atoms with van der Waals surface area (Å²) in [7, 11) is 0. The van der Waals surface area contributed by atoms with Crippen molar-refractivity contribution in [2.24, 2.45) is 0 Å². The maximum Gasteiger partial charge on any atom is 0.145 e. The molecule has 2 aromatic heterocycles. The molecule has 0 N–H and O–H groups in total. The van der Waals surface area contributed by atoms with Gasteiger partial charge < -0.3 is 0 Å². The zero-order valence-electron chi connectivity index (χ0n) is 33.0. The number of imidazole rings is 2. The van der Waals surface area contributed by atoms with Gasteiger partial charge in [-0.15, -0.1) is 0 Å². The van der Waals surface area contributed by atoms with Crippen molar-refractivity contribution in [3.63, 3.8) is 0 Å². The maximum atomic E-state index is 5.13. The summed E-state index contributed by atoms with van der Waals surface area (Å²) < 4.78 is 4.52. The Labute approximate surface area is 349 Å². The molecule has 0 saturated heterocycles. The second kappa shape index (κ2) is 15.2. The molecule has 0 amide bonds. The van der Waals surface area contributed by atoms with Gasteiger partial charge in [-0.05, 0) is 112 Å². The van der Waals surface area contributed by atoms with Gasteiger partial charge in [0, 0.05) is 22.5 Å². The molecule has 1 aliphatic rings. The molecule has 0 aliphatic heterocycles. The van der Waals surface area contributed by atoms with Gasteiger partial charge in [0.15, 0.2) is 0 Å². The van der Waals surface area contributed by atoms with E-state index in [4.69, 9.17) is 9.97 Å². The minimum absolute atomic E-state index is 0.810. The van der Waals surface area contributed by atoms with Crippen molar-refractivity contribution >= 4 is 44.5 Å². The number of benzene rings is 8. The lowest BCUT2D eigenvalue weighted by Crippen LogP contribution is -1.98. The third-order valence-electron chi connectivity index (χ3n) is 11.7. The van der Waals surface area contributed by atoms with E-state index in [0.29, 0.717) is 0 Å². The van der Waals surface area contributed by atoms with E-state index in [9.17, 15) is 0 Å². The van der Waals surface area contributed by atoms with Gasteiger partial charge in [-0.25, -0.2) is 9.97 Å². The molecule has 60 heavy (non-hydrogen) atoms. The lowest BCUT2D eigenvalue weighted by molar-refractivity contribution is 1.10. The number of nitrogens with zero attached hydrogens (tertiary/aromatic N) is 4. The molecule has 0 saturated carbocycles. The van der Waals surface area contributed by atoms with Gasteiger partial charge in [-0.2, -0.15) is 0 Å². The van der Waals surface area contributed by atoms with Crippen LogP contribution in [0.2, 0.25) is 0 Å². The van der Waals surface area contributed by atoms with Gasteiger partial charge in [0.1, 0.15) is 11.6 Å². The highest BCUT2D eigenvalue weighted by molar-refractivity contribution is 6.02. The van der Waals surface area contributed by atoms with Crippen molar-refractivity contribution in [2.45, 2.75) is 12.8 Å². The first-order valence-electron chi connectivity index (χ1n) is 20.6. The molecule has 8 aromatic carbocycles. The number of aromatic nitrogens is 4. The van der Waals surface area contributed by atoms with Gasteiger partial charge in [-0.3, -0.25) is 9.13 Å². The molecule has 0 unspecified atom stereocenters. The minimum atomic E-state index is 0.810. The Kier molecular flexibility index (Phi) is 8.94. The number of para-hydroxylation sites is 6. The molecule has 0 bridgehead atoms. The van der Waals surface area contributed by atoms with E-state index < -0.39 is 0 Å². The SMILES string of the molecule is C1=C\C/C(c2ccc(-c3nc4ccccc4n3-c3ccccc3)cc2)=C\c2cc(-c3ccc(-c4nc5ccccc5n4-c4ccccc4)cc3)c3ccccc3c2C\C=C/1. The standard InChI is InChI=1S/C56H40N4/c1-2-10-22-47-44(37-43(17-5-1)39-29-33-41(34-30-39)55-57-51-25-13-15-27-53(51)59(55)45-18-6-3-7-19-45)38-50(49-24-12-11-23-48(47)49)40-31-35-42(36-32-40)56-58-52-26-14-16-28-54(52)60(56)46-20-8-4-9-21-46/h1-16,18-21,23-38H,17,22H2/b5-1-,10-2-,43-37+. The van der Waals surface area contributed by atoms with Gasteiger partial charge in [0.05, 0.1) is 22.1 Å². The Morgan fingerprint density at radius 1 is 0.400 bits per heavy atom. The fourth-order valence-corrected chi connectivity index (χ4v) is 8.79. The maximum absolute atomic E-state index is 5.13. The second-order valence-electron chi connectivity index (χ2n) is 15.3. The zero-order chi connectivity index (χ0) is 39.8. The third kappa shape index (κ3) is 6.36. The van der Waals surface area contributed by atoms with Gasteiger partial charge in [-0.1, -0.05) is 164 Å². The summed E-state index contributed by atoms with van der Waals surface area (Å²) in [5.74, 6) is 1.86. The van der Waals surface area contributed by atoms with Crippen LogP contribution in [0.5, 0.6) is 0 Å². The Morgan fingerprint density at radius 3 is 1.45 bits per heavy atom. The van der Waals surface area contributed by atoms with E-state index in [1.807, 2.05) is 0 Å². The minimum Gasteiger partial charge on any atom is -0.292 e. The van der Waals surface area contributed by atoms with Crippen molar-refractivity contribution in [3.8, 4) is 45.3 Å². The Balaban J connectivity index is 1.01. The fraction of sp³-hybridized carbons (Fsp3) is 0.0357. The molecule has 0 radical (unpaired) electrons. The normalized spacial score (nSPS) is 14.8. The molecule has 284 valence electrons. The first-order valence-corrected chi connectivity index (χ1v) is 20.6. The Morgan fingerprint density at radius 2 is 0.867 bits per heavy atom. The largest absolute Gasteiger partial charge is 0.292 e. The predicted octanol–water partition coefficient (Wildman–Crippen LogP) is 14.1. The molecule has 4 nitrogen and oxygen atoms in total. The van der Waals surface area contributed by atoms with E-state index in [2.05, 4.69) is 228 Å². The highest BCUT2D eigenvalue weighted by Gasteiger charge is 2.18. The number of hydrogen-bond donors (Lipinski definition) is 0. The van der Waals surface area contributed by atoms with Gasteiger partial charge >= 0.3 is 0 Å². The number of rotatable bonds is 6. The summed E-state index contributed by atoms with van der Waals surface area (Å²) in [6, 6.07) is 66.9. The lowest BCUT2D eigenvalue weighted by Gasteiger charge is -2.17. The van der Waals surface area contributed by atoms with Crippen molar-refractivity contribution in [2.75, 3.05) is 0 Å². The number of fused-ring (bicyclic) bond motifs is 5. The smallest absolute Gasteiger partial charge is 0.145 e. The van der Waals surface area contributed by atoms with Crippen molar-refractivity contribution in [1.29, 1.82) is 0 Å². The number of hydrogen-bond acceptors (Lipinski definition) is 2. The van der Waals surface area contributed by atoms with Crippen molar-refractivity contribution < 1.29 is 0 Å². The van der Waals surface area contributed by atoms with E-state index in [1.54, 1.807) is 0 Å². The summed E-state index contributed by atoms with van der Waals surface area (Å²) in [5.41, 5.74) is 15.9. The molecule has 0 spiro atoms. The lowest BCUT2D eigenvalue weighted by atomic mass is 9.87. The zero-order valence-corrected chi connectivity index (χ0v) is 33.0. The van der Waals surface area contributed by atoms with Gasteiger partial charge in [0.2, 0.25) is 0 Å². The van der Waals surface area contributed by atoms with E-state index in [1.165, 1.54) is 44.2 Å². The third-order valence-corrected chi connectivity index (χ3v) is 11.7. The first kappa shape index (κ1) is 35.4. The molecular weight excluding hydrogens is 729 g/mol. The second-order valence-corrected chi connectivity index (χ2v) is 15.3. The van der Waals surface area contributed by atoms with Crippen LogP contribution in [0.25, 0.3) is 89.8 Å². The summed E-state index contributed by atoms with van der Waals surface area (Å²) in [5, 5.41) is 2.53. The number of allylic oxidation sites excluding steroid dienone is 5. The van der Waals surface area contributed by atoms with Crippen LogP contribution in [0.1, 0.15) is 23.1 Å². The van der Waals surface area contributed by atoms with Crippen LogP contribution in [0.3, 0.4) is 0 Å². The monoisotopic (exact) mass is 768 g/mol. The van der Waals surface area contributed by atoms with Gasteiger partial charge in [0.25, 0.3) is 0 Å². The van der Waals surface area contributed by atoms with E-state index in [0.717, 1.165) is 69.1 Å². The molecular formula is C56H40N4. The Bertz CT molecular complexity index is 3270. The molecule has 10 aromatic rings. The van der Waals surface area contributed by atoms with Crippen LogP contribution in [-0.2, 0) is 6.42 Å². The summed E-state index contributed by atoms with van der Waals surface area (Å²) >= 11 is 0. The van der Waals surface area contributed by atoms with Crippen LogP contribution < -0.4 is 0 Å². The molecule has 0 atom stereocenters. The summed E-state index contributed by atoms with van der Waals surface area (Å²) in [6.45, 7) is 0. The average Bonchev–Trinajstić information content (AvgIpc) is 3.91. The van der Waals surface area contributed by atoms with Crippen LogP contribution in [-0.4, -0.2) is 19.1 Å².